The minimum absolute atomic E-state index is 0.326. The van der Waals surface area contributed by atoms with Crippen LogP contribution in [0.5, 0.6) is 5.75 Å². The maximum absolute atomic E-state index is 13.3. The fraction of sp³-hybridized carbons (Fsp3) is 0.611. The van der Waals surface area contributed by atoms with Crippen molar-refractivity contribution in [2.75, 3.05) is 26.7 Å². The molecule has 0 radical (unpaired) electrons. The maximum Gasteiger partial charge on any atom is 0.191 e. The van der Waals surface area contributed by atoms with Crippen molar-refractivity contribution in [2.24, 2.45) is 4.99 Å². The van der Waals surface area contributed by atoms with Gasteiger partial charge in [-0.2, -0.15) is 0 Å². The Morgan fingerprint density at radius 1 is 1.38 bits per heavy atom. The minimum Gasteiger partial charge on any atom is -0.505 e. The molecule has 1 unspecified atom stereocenters. The van der Waals surface area contributed by atoms with Crippen LogP contribution in [0.4, 0.5) is 4.39 Å². The van der Waals surface area contributed by atoms with Crippen LogP contribution in [0.1, 0.15) is 38.2 Å². The summed E-state index contributed by atoms with van der Waals surface area (Å²) in [5.74, 6) is -0.226. The summed E-state index contributed by atoms with van der Waals surface area (Å²) in [6, 6.07) is 5.08. The lowest BCUT2D eigenvalue weighted by atomic mass is 10.0. The van der Waals surface area contributed by atoms with Gasteiger partial charge < -0.3 is 20.6 Å². The molecule has 1 fully saturated rings. The Hall–Kier alpha value is -1.82. The summed E-state index contributed by atoms with van der Waals surface area (Å²) in [5, 5.41) is 15.6. The van der Waals surface area contributed by atoms with Crippen LogP contribution in [0, 0.1) is 5.82 Å². The Morgan fingerprint density at radius 2 is 2.21 bits per heavy atom. The number of aromatic hydroxyl groups is 1. The van der Waals surface area contributed by atoms with Crippen LogP contribution in [0.15, 0.2) is 23.2 Å². The van der Waals surface area contributed by atoms with E-state index in [0.717, 1.165) is 25.1 Å². The van der Waals surface area contributed by atoms with Gasteiger partial charge in [-0.15, -0.1) is 0 Å². The van der Waals surface area contributed by atoms with Crippen molar-refractivity contribution in [1.29, 1.82) is 0 Å². The smallest absolute Gasteiger partial charge is 0.191 e. The van der Waals surface area contributed by atoms with Crippen LogP contribution in [0.25, 0.3) is 0 Å². The number of rotatable bonds is 6. The number of phenols is 1. The predicted octanol–water partition coefficient (Wildman–Crippen LogP) is 2.46. The molecule has 1 aliphatic rings. The Balaban J connectivity index is 1.67. The molecule has 1 atom stereocenters. The molecule has 2 rings (SSSR count). The average molecular weight is 336 g/mol. The number of aliphatic imine (C=N–C) groups is 1. The highest BCUT2D eigenvalue weighted by Gasteiger charge is 2.17. The van der Waals surface area contributed by atoms with Crippen LogP contribution in [-0.4, -0.2) is 48.7 Å². The molecule has 1 aromatic carbocycles. The summed E-state index contributed by atoms with van der Waals surface area (Å²) >= 11 is 0. The van der Waals surface area contributed by atoms with Gasteiger partial charge in [0.1, 0.15) is 0 Å². The molecule has 0 amide bonds. The van der Waals surface area contributed by atoms with Crippen molar-refractivity contribution in [3.63, 3.8) is 0 Å². The Kier molecular flexibility index (Phi) is 7.31. The molecule has 0 bridgehead atoms. The quantitative estimate of drug-likeness (QED) is 0.424. The number of nitrogens with zero attached hydrogens (tertiary/aromatic N) is 2. The molecular formula is C18H29FN4O. The van der Waals surface area contributed by atoms with E-state index in [1.54, 1.807) is 13.1 Å². The highest BCUT2D eigenvalue weighted by Crippen LogP contribution is 2.16. The minimum atomic E-state index is -0.604. The zero-order valence-corrected chi connectivity index (χ0v) is 14.7. The first-order valence-electron chi connectivity index (χ1n) is 8.76. The van der Waals surface area contributed by atoms with Gasteiger partial charge in [0.15, 0.2) is 17.5 Å². The topological polar surface area (TPSA) is 59.9 Å². The number of piperidine rings is 1. The summed E-state index contributed by atoms with van der Waals surface area (Å²) in [6.07, 6.45) is 5.03. The van der Waals surface area contributed by atoms with E-state index in [1.807, 2.05) is 0 Å². The molecule has 0 saturated carbocycles. The second-order valence-electron chi connectivity index (χ2n) is 6.37. The first kappa shape index (κ1) is 18.5. The Labute approximate surface area is 144 Å². The van der Waals surface area contributed by atoms with Gasteiger partial charge in [0.2, 0.25) is 0 Å². The Bertz CT molecular complexity index is 550. The first-order chi connectivity index (χ1) is 11.6. The number of likely N-dealkylation sites (tertiary alicyclic amines) is 1. The van der Waals surface area contributed by atoms with Crippen LogP contribution < -0.4 is 10.6 Å². The van der Waals surface area contributed by atoms with Crippen LogP contribution in [0.3, 0.4) is 0 Å². The third-order valence-corrected chi connectivity index (χ3v) is 4.55. The van der Waals surface area contributed by atoms with E-state index in [2.05, 4.69) is 27.4 Å². The molecule has 1 aliphatic heterocycles. The molecule has 1 saturated heterocycles. The van der Waals surface area contributed by atoms with E-state index in [-0.39, 0.29) is 5.75 Å². The highest BCUT2D eigenvalue weighted by molar-refractivity contribution is 5.79. The number of nitrogens with one attached hydrogen (secondary N) is 2. The first-order valence-corrected chi connectivity index (χ1v) is 8.76. The molecule has 1 aromatic rings. The molecule has 3 N–H and O–H groups in total. The normalized spacial score (nSPS) is 19.3. The van der Waals surface area contributed by atoms with E-state index in [4.69, 9.17) is 0 Å². The molecule has 24 heavy (non-hydrogen) atoms. The lowest BCUT2D eigenvalue weighted by Crippen LogP contribution is -2.41. The number of hydrogen-bond donors (Lipinski definition) is 3. The molecule has 0 aromatic heterocycles. The molecule has 6 heteroatoms. The van der Waals surface area contributed by atoms with Gasteiger partial charge in [0.05, 0.1) is 0 Å². The van der Waals surface area contributed by atoms with Gasteiger partial charge >= 0.3 is 0 Å². The number of phenolic OH excluding ortho intramolecular Hbond substituents is 1. The molecule has 0 spiro atoms. The number of halogens is 1. The number of guanidine groups is 1. The fourth-order valence-corrected chi connectivity index (χ4v) is 3.05. The Morgan fingerprint density at radius 3 is 2.92 bits per heavy atom. The van der Waals surface area contributed by atoms with Crippen molar-refractivity contribution in [2.45, 2.75) is 45.2 Å². The van der Waals surface area contributed by atoms with E-state index in [1.165, 1.54) is 37.9 Å². The van der Waals surface area contributed by atoms with Gasteiger partial charge in [-0.25, -0.2) is 4.39 Å². The third kappa shape index (κ3) is 5.67. The summed E-state index contributed by atoms with van der Waals surface area (Å²) in [5.41, 5.74) is 0.760. The van der Waals surface area contributed by atoms with Gasteiger partial charge in [-0.1, -0.05) is 12.5 Å². The van der Waals surface area contributed by atoms with Gasteiger partial charge in [0, 0.05) is 32.7 Å². The largest absolute Gasteiger partial charge is 0.505 e. The van der Waals surface area contributed by atoms with E-state index >= 15 is 0 Å². The second kappa shape index (κ2) is 9.47. The summed E-state index contributed by atoms with van der Waals surface area (Å²) in [7, 11) is 1.72. The summed E-state index contributed by atoms with van der Waals surface area (Å²) in [6.45, 7) is 5.94. The zero-order chi connectivity index (χ0) is 17.4. The molecule has 1 heterocycles. The highest BCUT2D eigenvalue weighted by atomic mass is 19.1. The molecule has 5 nitrogen and oxygen atoms in total. The zero-order valence-electron chi connectivity index (χ0n) is 14.7. The summed E-state index contributed by atoms with van der Waals surface area (Å²) in [4.78, 5) is 6.74. The molecular weight excluding hydrogens is 307 g/mol. The van der Waals surface area contributed by atoms with Gasteiger partial charge in [-0.05, 0) is 50.4 Å². The van der Waals surface area contributed by atoms with Crippen molar-refractivity contribution >= 4 is 5.96 Å². The lowest BCUT2D eigenvalue weighted by Gasteiger charge is -2.33. The third-order valence-electron chi connectivity index (χ3n) is 4.55. The van der Waals surface area contributed by atoms with Crippen molar-refractivity contribution in [3.8, 4) is 5.75 Å². The van der Waals surface area contributed by atoms with Crippen molar-refractivity contribution in [3.05, 3.63) is 29.6 Å². The monoisotopic (exact) mass is 336 g/mol. The molecule has 134 valence electrons. The summed E-state index contributed by atoms with van der Waals surface area (Å²) < 4.78 is 13.3. The standard InChI is InChI=1S/C18H29FN4O/c1-14-6-3-4-10-23(14)11-5-9-21-18(20-2)22-13-15-7-8-17(24)16(19)12-15/h7-8,12,14,24H,3-6,9-11,13H2,1-2H3,(H2,20,21,22). The SMILES string of the molecule is CN=C(NCCCN1CCCCC1C)NCc1ccc(O)c(F)c1. The number of hydrogen-bond acceptors (Lipinski definition) is 3. The van der Waals surface area contributed by atoms with Crippen LogP contribution in [-0.2, 0) is 6.54 Å². The van der Waals surface area contributed by atoms with Crippen LogP contribution >= 0.6 is 0 Å². The van der Waals surface area contributed by atoms with Crippen LogP contribution in [0.2, 0.25) is 0 Å². The maximum atomic E-state index is 13.3. The van der Waals surface area contributed by atoms with E-state index in [9.17, 15) is 9.50 Å². The van der Waals surface area contributed by atoms with Crippen molar-refractivity contribution in [1.82, 2.24) is 15.5 Å². The number of benzene rings is 1. The average Bonchev–Trinajstić information content (AvgIpc) is 2.58. The van der Waals surface area contributed by atoms with Crippen molar-refractivity contribution < 1.29 is 9.50 Å². The van der Waals surface area contributed by atoms with E-state index in [0.29, 0.717) is 18.5 Å². The molecule has 0 aliphatic carbocycles. The fourth-order valence-electron chi connectivity index (χ4n) is 3.05. The second-order valence-corrected chi connectivity index (χ2v) is 6.37. The predicted molar refractivity (Wildman–Crippen MR) is 95.8 cm³/mol. The van der Waals surface area contributed by atoms with E-state index < -0.39 is 5.82 Å². The van der Waals surface area contributed by atoms with Gasteiger partial charge in [-0.3, -0.25) is 4.99 Å². The lowest BCUT2D eigenvalue weighted by molar-refractivity contribution is 0.159. The van der Waals surface area contributed by atoms with Gasteiger partial charge in [0.25, 0.3) is 0 Å².